The Kier molecular flexibility index (Phi) is 5.01. The van der Waals surface area contributed by atoms with Crippen molar-refractivity contribution in [2.45, 2.75) is 40.3 Å². The summed E-state index contributed by atoms with van der Waals surface area (Å²) in [6, 6.07) is 5.40. The maximum absolute atomic E-state index is 12.6. The second-order valence-electron chi connectivity index (χ2n) is 5.83. The van der Waals surface area contributed by atoms with Gasteiger partial charge in [0.1, 0.15) is 6.04 Å². The number of nitrogens with zero attached hydrogens (tertiary/aromatic N) is 2. The highest BCUT2D eigenvalue weighted by Gasteiger charge is 2.18. The van der Waals surface area contributed by atoms with Crippen molar-refractivity contribution in [2.75, 3.05) is 6.54 Å². The highest BCUT2D eigenvalue weighted by atomic mass is 35.5. The van der Waals surface area contributed by atoms with Crippen LogP contribution in [-0.4, -0.2) is 16.1 Å². The van der Waals surface area contributed by atoms with Crippen LogP contribution in [0.25, 0.3) is 10.9 Å². The lowest BCUT2D eigenvalue weighted by molar-refractivity contribution is -0.698. The largest absolute Gasteiger partial charge is 0.338 e. The van der Waals surface area contributed by atoms with Gasteiger partial charge in [0.05, 0.1) is 17.4 Å². The average molecular weight is 309 g/mol. The van der Waals surface area contributed by atoms with Crippen molar-refractivity contribution >= 4 is 22.5 Å². The summed E-state index contributed by atoms with van der Waals surface area (Å²) in [6.07, 6.45) is 0. The molecule has 5 heteroatoms. The molecular weight excluding hydrogens is 286 g/mol. The van der Waals surface area contributed by atoms with E-state index in [-0.39, 0.29) is 11.6 Å². The maximum Gasteiger partial charge on any atom is 0.261 e. The van der Waals surface area contributed by atoms with Gasteiger partial charge in [0, 0.05) is 17.5 Å². The molecule has 1 aromatic heterocycles. The zero-order valence-electron chi connectivity index (χ0n) is 13.1. The van der Waals surface area contributed by atoms with E-state index in [4.69, 9.17) is 16.6 Å². The van der Waals surface area contributed by atoms with E-state index < -0.39 is 0 Å². The molecule has 0 saturated heterocycles. The monoisotopic (exact) mass is 308 g/mol. The first-order chi connectivity index (χ1) is 9.93. The van der Waals surface area contributed by atoms with E-state index >= 15 is 0 Å². The Bertz CT molecular complexity index is 694. The van der Waals surface area contributed by atoms with Gasteiger partial charge in [-0.3, -0.25) is 9.36 Å². The van der Waals surface area contributed by atoms with Crippen LogP contribution in [0.4, 0.5) is 0 Å². The molecule has 0 aliphatic carbocycles. The topological polar surface area (TPSA) is 51.5 Å². The lowest BCUT2D eigenvalue weighted by atomic mass is 10.2. The molecular formula is C16H23ClN3O+. The van der Waals surface area contributed by atoms with Crippen LogP contribution in [0.15, 0.2) is 23.0 Å². The Morgan fingerprint density at radius 1 is 1.33 bits per heavy atom. The molecule has 1 heterocycles. The van der Waals surface area contributed by atoms with E-state index in [0.29, 0.717) is 28.4 Å². The van der Waals surface area contributed by atoms with Crippen molar-refractivity contribution in [1.29, 1.82) is 0 Å². The Morgan fingerprint density at radius 2 is 2.05 bits per heavy atom. The van der Waals surface area contributed by atoms with Crippen LogP contribution in [-0.2, 0) is 6.54 Å². The normalized spacial score (nSPS) is 13.0. The number of rotatable bonds is 5. The third kappa shape index (κ3) is 3.44. The first-order valence-electron chi connectivity index (χ1n) is 7.47. The molecule has 2 aromatic rings. The van der Waals surface area contributed by atoms with Gasteiger partial charge in [0.2, 0.25) is 0 Å². The second-order valence-corrected chi connectivity index (χ2v) is 6.27. The van der Waals surface area contributed by atoms with Crippen LogP contribution >= 0.6 is 11.6 Å². The minimum atomic E-state index is 0.0129. The lowest BCUT2D eigenvalue weighted by Gasteiger charge is -2.17. The summed E-state index contributed by atoms with van der Waals surface area (Å²) >= 11 is 6.02. The minimum absolute atomic E-state index is 0.0129. The first kappa shape index (κ1) is 16.0. The second kappa shape index (κ2) is 6.58. The smallest absolute Gasteiger partial charge is 0.261 e. The Hall–Kier alpha value is -1.39. The summed E-state index contributed by atoms with van der Waals surface area (Å²) in [5.41, 5.74) is 0.691. The highest BCUT2D eigenvalue weighted by molar-refractivity contribution is 6.31. The van der Waals surface area contributed by atoms with Crippen molar-refractivity contribution in [3.05, 3.63) is 39.4 Å². The molecule has 0 amide bonds. The quantitative estimate of drug-likeness (QED) is 0.922. The zero-order valence-corrected chi connectivity index (χ0v) is 13.8. The number of nitrogens with two attached hydrogens (primary N) is 1. The SMILES string of the molecule is CCn1c([C@H](C)[NH2+]CC(C)C)nc2cc(Cl)ccc2c1=O. The Morgan fingerprint density at radius 3 is 2.67 bits per heavy atom. The molecule has 1 aromatic carbocycles. The molecule has 0 aliphatic rings. The Balaban J connectivity index is 2.53. The van der Waals surface area contributed by atoms with E-state index in [2.05, 4.69) is 26.1 Å². The molecule has 0 radical (unpaired) electrons. The van der Waals surface area contributed by atoms with Gasteiger partial charge < -0.3 is 5.32 Å². The predicted octanol–water partition coefficient (Wildman–Crippen LogP) is 2.35. The van der Waals surface area contributed by atoms with Gasteiger partial charge >= 0.3 is 0 Å². The molecule has 2 rings (SSSR count). The number of hydrogen-bond acceptors (Lipinski definition) is 2. The number of halogens is 1. The number of benzene rings is 1. The van der Waals surface area contributed by atoms with Crippen LogP contribution in [0.3, 0.4) is 0 Å². The molecule has 114 valence electrons. The van der Waals surface area contributed by atoms with Crippen molar-refractivity contribution in [3.8, 4) is 0 Å². The summed E-state index contributed by atoms with van der Waals surface area (Å²) in [4.78, 5) is 17.3. The average Bonchev–Trinajstić information content (AvgIpc) is 2.44. The van der Waals surface area contributed by atoms with Crippen LogP contribution in [0.1, 0.15) is 39.6 Å². The van der Waals surface area contributed by atoms with Gasteiger partial charge in [-0.15, -0.1) is 0 Å². The molecule has 4 nitrogen and oxygen atoms in total. The highest BCUT2D eigenvalue weighted by Crippen LogP contribution is 2.17. The van der Waals surface area contributed by atoms with Crippen molar-refractivity contribution < 1.29 is 5.32 Å². The number of hydrogen-bond donors (Lipinski definition) is 1. The van der Waals surface area contributed by atoms with Crippen LogP contribution in [0, 0.1) is 5.92 Å². The van der Waals surface area contributed by atoms with Gasteiger partial charge in [0.25, 0.3) is 5.56 Å². The minimum Gasteiger partial charge on any atom is -0.338 e. The molecule has 0 saturated carbocycles. The van der Waals surface area contributed by atoms with Crippen LogP contribution in [0.2, 0.25) is 5.02 Å². The number of aromatic nitrogens is 2. The van der Waals surface area contributed by atoms with E-state index in [1.807, 2.05) is 6.92 Å². The molecule has 2 N–H and O–H groups in total. The van der Waals surface area contributed by atoms with Gasteiger partial charge in [-0.05, 0) is 32.0 Å². The summed E-state index contributed by atoms with van der Waals surface area (Å²) in [6.45, 7) is 10.1. The molecule has 0 fully saturated rings. The lowest BCUT2D eigenvalue weighted by Crippen LogP contribution is -2.86. The van der Waals surface area contributed by atoms with Crippen molar-refractivity contribution in [2.24, 2.45) is 5.92 Å². The van der Waals surface area contributed by atoms with E-state index in [1.165, 1.54) is 0 Å². The fourth-order valence-electron chi connectivity index (χ4n) is 2.45. The molecule has 0 unspecified atom stereocenters. The maximum atomic E-state index is 12.6. The summed E-state index contributed by atoms with van der Waals surface area (Å²) in [5.74, 6) is 1.42. The number of fused-ring (bicyclic) bond motifs is 1. The van der Waals surface area contributed by atoms with Crippen molar-refractivity contribution in [1.82, 2.24) is 9.55 Å². The summed E-state index contributed by atoms with van der Waals surface area (Å²) in [7, 11) is 0. The molecule has 1 atom stereocenters. The first-order valence-corrected chi connectivity index (χ1v) is 7.85. The standard InChI is InChI=1S/C16H22ClN3O/c1-5-20-15(11(4)18-9-10(2)3)19-14-8-12(17)6-7-13(14)16(20)21/h6-8,10-11,18H,5,9H2,1-4H3/p+1/t11-/m0/s1. The fourth-order valence-corrected chi connectivity index (χ4v) is 2.61. The van der Waals surface area contributed by atoms with Gasteiger partial charge in [-0.25, -0.2) is 4.98 Å². The molecule has 0 bridgehead atoms. The summed E-state index contributed by atoms with van der Waals surface area (Å²) < 4.78 is 1.76. The Labute approximate surface area is 130 Å². The number of quaternary nitrogens is 1. The van der Waals surface area contributed by atoms with E-state index in [1.54, 1.807) is 22.8 Å². The van der Waals surface area contributed by atoms with Gasteiger partial charge in [0.15, 0.2) is 5.82 Å². The van der Waals surface area contributed by atoms with Crippen molar-refractivity contribution in [3.63, 3.8) is 0 Å². The third-order valence-electron chi connectivity index (χ3n) is 3.63. The van der Waals surface area contributed by atoms with E-state index in [0.717, 1.165) is 12.4 Å². The van der Waals surface area contributed by atoms with Crippen LogP contribution in [0.5, 0.6) is 0 Å². The predicted molar refractivity (Wildman–Crippen MR) is 86.7 cm³/mol. The molecule has 0 spiro atoms. The van der Waals surface area contributed by atoms with Gasteiger partial charge in [-0.2, -0.15) is 0 Å². The fraction of sp³-hybridized carbons (Fsp3) is 0.500. The summed E-state index contributed by atoms with van der Waals surface area (Å²) in [5, 5.41) is 3.46. The third-order valence-corrected chi connectivity index (χ3v) is 3.87. The van der Waals surface area contributed by atoms with Crippen LogP contribution < -0.4 is 10.9 Å². The molecule has 0 aliphatic heterocycles. The van der Waals surface area contributed by atoms with Gasteiger partial charge in [-0.1, -0.05) is 25.4 Å². The molecule has 21 heavy (non-hydrogen) atoms. The zero-order chi connectivity index (χ0) is 15.6. The van der Waals surface area contributed by atoms with E-state index in [9.17, 15) is 4.79 Å².